The van der Waals surface area contributed by atoms with Crippen LogP contribution < -0.4 is 5.32 Å². The maximum Gasteiger partial charge on any atom is 0.0809 e. The Kier molecular flexibility index (Phi) is 9.17. The van der Waals surface area contributed by atoms with Gasteiger partial charge in [0.15, 0.2) is 0 Å². The molecule has 18 heavy (non-hydrogen) atoms. The fourth-order valence-corrected chi connectivity index (χ4v) is 2.89. The highest BCUT2D eigenvalue weighted by atomic mass is 32.1. The number of hydrogen-bond donors (Lipinski definition) is 1. The largest absolute Gasteiger partial charge is 0.376 e. The van der Waals surface area contributed by atoms with Crippen molar-refractivity contribution in [2.45, 2.75) is 58.6 Å². The van der Waals surface area contributed by atoms with Gasteiger partial charge in [0.1, 0.15) is 0 Å². The van der Waals surface area contributed by atoms with Crippen LogP contribution in [0.5, 0.6) is 0 Å². The molecule has 1 N–H and O–H groups in total. The predicted octanol–water partition coefficient (Wildman–Crippen LogP) is 4.34. The topological polar surface area (TPSA) is 21.3 Å². The molecule has 1 heterocycles. The van der Waals surface area contributed by atoms with E-state index in [4.69, 9.17) is 4.74 Å². The van der Waals surface area contributed by atoms with Gasteiger partial charge in [-0.25, -0.2) is 0 Å². The van der Waals surface area contributed by atoms with Crippen LogP contribution >= 0.6 is 11.3 Å². The van der Waals surface area contributed by atoms with Crippen LogP contribution in [-0.2, 0) is 17.9 Å². The average Bonchev–Trinajstić information content (AvgIpc) is 2.81. The molecule has 104 valence electrons. The lowest BCUT2D eigenvalue weighted by molar-refractivity contribution is 0.119. The summed E-state index contributed by atoms with van der Waals surface area (Å²) in [5.74, 6) is 0. The Morgan fingerprint density at radius 3 is 2.56 bits per heavy atom. The molecule has 0 radical (unpaired) electrons. The van der Waals surface area contributed by atoms with E-state index in [-0.39, 0.29) is 0 Å². The summed E-state index contributed by atoms with van der Waals surface area (Å²) < 4.78 is 5.71. The SMILES string of the molecule is CCCCCCCCOCc1ccc(CNC)s1. The summed E-state index contributed by atoms with van der Waals surface area (Å²) >= 11 is 1.84. The van der Waals surface area contributed by atoms with Crippen molar-refractivity contribution < 1.29 is 4.74 Å². The minimum absolute atomic E-state index is 0.781. The molecule has 0 saturated carbocycles. The molecule has 0 atom stereocenters. The summed E-state index contributed by atoms with van der Waals surface area (Å²) in [6, 6.07) is 4.36. The third kappa shape index (κ3) is 7.14. The number of rotatable bonds is 11. The summed E-state index contributed by atoms with van der Waals surface area (Å²) in [5.41, 5.74) is 0. The summed E-state index contributed by atoms with van der Waals surface area (Å²) in [6.45, 7) is 4.91. The highest BCUT2D eigenvalue weighted by molar-refractivity contribution is 7.11. The van der Waals surface area contributed by atoms with E-state index in [2.05, 4.69) is 24.4 Å². The number of hydrogen-bond acceptors (Lipinski definition) is 3. The van der Waals surface area contributed by atoms with Gasteiger partial charge in [-0.05, 0) is 25.6 Å². The first-order chi connectivity index (χ1) is 8.86. The Labute approximate surface area is 116 Å². The van der Waals surface area contributed by atoms with Gasteiger partial charge in [-0.1, -0.05) is 39.0 Å². The third-order valence-corrected chi connectivity index (χ3v) is 4.01. The molecule has 0 fully saturated rings. The number of nitrogens with one attached hydrogen (secondary N) is 1. The van der Waals surface area contributed by atoms with Gasteiger partial charge in [-0.3, -0.25) is 0 Å². The van der Waals surface area contributed by atoms with Crippen molar-refractivity contribution in [1.82, 2.24) is 5.32 Å². The van der Waals surface area contributed by atoms with Crippen molar-refractivity contribution in [1.29, 1.82) is 0 Å². The van der Waals surface area contributed by atoms with Crippen LogP contribution in [0.3, 0.4) is 0 Å². The second-order valence-corrected chi connectivity index (χ2v) is 5.97. The highest BCUT2D eigenvalue weighted by Crippen LogP contribution is 2.17. The van der Waals surface area contributed by atoms with Crippen LogP contribution in [0.4, 0.5) is 0 Å². The van der Waals surface area contributed by atoms with E-state index < -0.39 is 0 Å². The van der Waals surface area contributed by atoms with Gasteiger partial charge in [-0.2, -0.15) is 0 Å². The van der Waals surface area contributed by atoms with Crippen LogP contribution in [0.25, 0.3) is 0 Å². The second kappa shape index (κ2) is 10.5. The van der Waals surface area contributed by atoms with Crippen LogP contribution in [-0.4, -0.2) is 13.7 Å². The Morgan fingerprint density at radius 2 is 1.78 bits per heavy atom. The molecule has 0 aliphatic heterocycles. The molecule has 2 nitrogen and oxygen atoms in total. The van der Waals surface area contributed by atoms with Gasteiger partial charge in [-0.15, -0.1) is 11.3 Å². The zero-order valence-electron chi connectivity index (χ0n) is 11.8. The van der Waals surface area contributed by atoms with E-state index in [9.17, 15) is 0 Å². The molecule has 1 aromatic heterocycles. The first-order valence-corrected chi connectivity index (χ1v) is 7.98. The van der Waals surface area contributed by atoms with E-state index in [0.717, 1.165) is 19.8 Å². The summed E-state index contributed by atoms with van der Waals surface area (Å²) in [7, 11) is 1.98. The Morgan fingerprint density at radius 1 is 1.06 bits per heavy atom. The van der Waals surface area contributed by atoms with Gasteiger partial charge in [0.05, 0.1) is 6.61 Å². The molecule has 0 bridgehead atoms. The van der Waals surface area contributed by atoms with Crippen molar-refractivity contribution in [3.63, 3.8) is 0 Å². The van der Waals surface area contributed by atoms with Gasteiger partial charge >= 0.3 is 0 Å². The van der Waals surface area contributed by atoms with E-state index in [1.807, 2.05) is 18.4 Å². The minimum Gasteiger partial charge on any atom is -0.376 e. The molecule has 0 aliphatic rings. The van der Waals surface area contributed by atoms with Crippen LogP contribution in [0.15, 0.2) is 12.1 Å². The van der Waals surface area contributed by atoms with E-state index in [1.165, 1.54) is 48.3 Å². The van der Waals surface area contributed by atoms with Crippen molar-refractivity contribution in [2.75, 3.05) is 13.7 Å². The predicted molar refractivity (Wildman–Crippen MR) is 80.1 cm³/mol. The molecule has 1 aromatic rings. The van der Waals surface area contributed by atoms with Gasteiger partial charge in [0, 0.05) is 22.9 Å². The van der Waals surface area contributed by atoms with E-state index in [1.54, 1.807) is 0 Å². The molecule has 0 aliphatic carbocycles. The minimum atomic E-state index is 0.781. The smallest absolute Gasteiger partial charge is 0.0809 e. The monoisotopic (exact) mass is 269 g/mol. The fourth-order valence-electron chi connectivity index (χ4n) is 1.93. The lowest BCUT2D eigenvalue weighted by Crippen LogP contribution is -2.02. The number of ether oxygens (including phenoxy) is 1. The van der Waals surface area contributed by atoms with E-state index in [0.29, 0.717) is 0 Å². The standard InChI is InChI=1S/C15H27NOS/c1-3-4-5-6-7-8-11-17-13-15-10-9-14(18-15)12-16-2/h9-10,16H,3-8,11-13H2,1-2H3. The van der Waals surface area contributed by atoms with Crippen molar-refractivity contribution in [3.05, 3.63) is 21.9 Å². The maximum absolute atomic E-state index is 5.71. The zero-order valence-corrected chi connectivity index (χ0v) is 12.7. The quantitative estimate of drug-likeness (QED) is 0.603. The second-order valence-electron chi connectivity index (χ2n) is 4.72. The first-order valence-electron chi connectivity index (χ1n) is 7.16. The molecule has 0 aromatic carbocycles. The molecular weight excluding hydrogens is 242 g/mol. The van der Waals surface area contributed by atoms with Gasteiger partial charge < -0.3 is 10.1 Å². The van der Waals surface area contributed by atoms with Crippen LogP contribution in [0.1, 0.15) is 55.2 Å². The number of thiophene rings is 1. The summed E-state index contributed by atoms with van der Waals surface area (Å²) in [6.07, 6.45) is 7.97. The number of unbranched alkanes of at least 4 members (excludes halogenated alkanes) is 5. The maximum atomic E-state index is 5.71. The zero-order chi connectivity index (χ0) is 13.1. The Hall–Kier alpha value is -0.380. The summed E-state index contributed by atoms with van der Waals surface area (Å²) in [5, 5.41) is 3.17. The third-order valence-electron chi connectivity index (χ3n) is 2.95. The normalized spacial score (nSPS) is 11.0. The van der Waals surface area contributed by atoms with E-state index >= 15 is 0 Å². The molecule has 1 rings (SSSR count). The van der Waals surface area contributed by atoms with Crippen LogP contribution in [0.2, 0.25) is 0 Å². The van der Waals surface area contributed by atoms with Gasteiger partial charge in [0.25, 0.3) is 0 Å². The highest BCUT2D eigenvalue weighted by Gasteiger charge is 1.99. The lowest BCUT2D eigenvalue weighted by Gasteiger charge is -2.02. The first kappa shape index (κ1) is 15.7. The average molecular weight is 269 g/mol. The Bertz CT molecular complexity index is 298. The molecular formula is C15H27NOS. The molecule has 0 saturated heterocycles. The Balaban J connectivity index is 1.96. The molecule has 3 heteroatoms. The lowest BCUT2D eigenvalue weighted by atomic mass is 10.1. The molecule has 0 unspecified atom stereocenters. The van der Waals surface area contributed by atoms with Gasteiger partial charge in [0.2, 0.25) is 0 Å². The van der Waals surface area contributed by atoms with Crippen molar-refractivity contribution in [3.8, 4) is 0 Å². The summed E-state index contributed by atoms with van der Waals surface area (Å²) in [4.78, 5) is 2.72. The molecule has 0 amide bonds. The van der Waals surface area contributed by atoms with Crippen LogP contribution in [0, 0.1) is 0 Å². The fraction of sp³-hybridized carbons (Fsp3) is 0.733. The molecule has 0 spiro atoms. The van der Waals surface area contributed by atoms with Crippen molar-refractivity contribution >= 4 is 11.3 Å². The van der Waals surface area contributed by atoms with Crippen molar-refractivity contribution in [2.24, 2.45) is 0 Å².